The van der Waals surface area contributed by atoms with Gasteiger partial charge in [-0.15, -0.1) is 0 Å². The van der Waals surface area contributed by atoms with E-state index in [9.17, 15) is 4.79 Å². The molecular weight excluding hydrogens is 335 g/mol. The summed E-state index contributed by atoms with van der Waals surface area (Å²) >= 11 is 17.5. The highest BCUT2D eigenvalue weighted by atomic mass is 35.5. The van der Waals surface area contributed by atoms with E-state index in [1.165, 1.54) is 0 Å². The zero-order valence-electron chi connectivity index (χ0n) is 12.0. The molecule has 0 aliphatic rings. The lowest BCUT2D eigenvalue weighted by Crippen LogP contribution is -2.21. The number of anilines is 1. The Kier molecular flexibility index (Phi) is 6.71. The molecule has 116 valence electrons. The van der Waals surface area contributed by atoms with E-state index in [0.29, 0.717) is 5.92 Å². The summed E-state index contributed by atoms with van der Waals surface area (Å²) in [4.78, 5) is 15.8. The minimum atomic E-state index is -0.589. The molecule has 1 aromatic rings. The molecule has 0 atom stereocenters. The van der Waals surface area contributed by atoms with E-state index in [0.717, 1.165) is 18.6 Å². The highest BCUT2D eigenvalue weighted by molar-refractivity contribution is 6.46. The second-order valence-electron chi connectivity index (χ2n) is 5.01. The van der Waals surface area contributed by atoms with Crippen molar-refractivity contribution in [1.82, 2.24) is 10.4 Å². The van der Waals surface area contributed by atoms with Crippen molar-refractivity contribution < 1.29 is 4.79 Å². The van der Waals surface area contributed by atoms with Gasteiger partial charge < -0.3 is 5.73 Å². The Bertz CT molecular complexity index is 573. The van der Waals surface area contributed by atoms with Crippen LogP contribution in [0.25, 0.3) is 0 Å². The van der Waals surface area contributed by atoms with Crippen molar-refractivity contribution in [3.8, 4) is 0 Å². The molecular formula is C13H17Cl3N4O. The third-order valence-corrected chi connectivity index (χ3v) is 3.85. The maximum absolute atomic E-state index is 12.0. The monoisotopic (exact) mass is 350 g/mol. The number of aromatic nitrogens is 1. The SMILES string of the molecule is C/C(CCC(C)C)=N\NC(=O)c1nc(Cl)c(Cl)c(N)c1Cl. The molecule has 1 rings (SSSR count). The van der Waals surface area contributed by atoms with Crippen molar-refractivity contribution in [2.45, 2.75) is 33.6 Å². The first-order valence-corrected chi connectivity index (χ1v) is 7.50. The van der Waals surface area contributed by atoms with Gasteiger partial charge in [-0.1, -0.05) is 48.7 Å². The van der Waals surface area contributed by atoms with Gasteiger partial charge in [0.1, 0.15) is 5.02 Å². The molecule has 1 aromatic heterocycles. The van der Waals surface area contributed by atoms with Crippen molar-refractivity contribution in [3.05, 3.63) is 20.9 Å². The zero-order chi connectivity index (χ0) is 16.2. The number of carbonyl (C=O) groups excluding carboxylic acids is 1. The topological polar surface area (TPSA) is 80.4 Å². The summed E-state index contributed by atoms with van der Waals surface area (Å²) in [6, 6.07) is 0. The van der Waals surface area contributed by atoms with E-state index in [1.807, 2.05) is 6.92 Å². The van der Waals surface area contributed by atoms with Gasteiger partial charge in [-0.25, -0.2) is 10.4 Å². The number of pyridine rings is 1. The lowest BCUT2D eigenvalue weighted by Gasteiger charge is -2.08. The fourth-order valence-corrected chi connectivity index (χ4v) is 2.03. The molecule has 5 nitrogen and oxygen atoms in total. The van der Waals surface area contributed by atoms with Crippen molar-refractivity contribution in [2.75, 3.05) is 5.73 Å². The van der Waals surface area contributed by atoms with Gasteiger partial charge in [0, 0.05) is 5.71 Å². The summed E-state index contributed by atoms with van der Waals surface area (Å²) in [6.07, 6.45) is 1.78. The minimum Gasteiger partial charge on any atom is -0.396 e. The Morgan fingerprint density at radius 2 is 1.95 bits per heavy atom. The minimum absolute atomic E-state index is 0.0176. The quantitative estimate of drug-likeness (QED) is 0.474. The van der Waals surface area contributed by atoms with Gasteiger partial charge in [-0.2, -0.15) is 5.10 Å². The van der Waals surface area contributed by atoms with Crippen molar-refractivity contribution in [2.24, 2.45) is 11.0 Å². The van der Waals surface area contributed by atoms with Crippen molar-refractivity contribution in [1.29, 1.82) is 0 Å². The highest BCUT2D eigenvalue weighted by Crippen LogP contribution is 2.34. The van der Waals surface area contributed by atoms with Crippen LogP contribution < -0.4 is 11.2 Å². The number of nitrogens with one attached hydrogen (secondary N) is 1. The van der Waals surface area contributed by atoms with Crippen LogP contribution in [0.4, 0.5) is 5.69 Å². The predicted molar refractivity (Wildman–Crippen MR) is 88.3 cm³/mol. The number of hydrazone groups is 1. The number of hydrogen-bond donors (Lipinski definition) is 2. The first-order valence-electron chi connectivity index (χ1n) is 6.37. The van der Waals surface area contributed by atoms with Crippen LogP contribution in [0.1, 0.15) is 44.1 Å². The Labute approximate surface area is 138 Å². The Morgan fingerprint density at radius 1 is 1.33 bits per heavy atom. The number of halogens is 3. The molecule has 21 heavy (non-hydrogen) atoms. The molecule has 0 radical (unpaired) electrons. The van der Waals surface area contributed by atoms with Crippen LogP contribution in [0, 0.1) is 5.92 Å². The second kappa shape index (κ2) is 7.82. The molecule has 0 saturated carbocycles. The number of hydrogen-bond acceptors (Lipinski definition) is 4. The normalized spacial score (nSPS) is 11.9. The third-order valence-electron chi connectivity index (χ3n) is 2.72. The van der Waals surface area contributed by atoms with E-state index in [2.05, 4.69) is 29.4 Å². The van der Waals surface area contributed by atoms with Gasteiger partial charge in [0.25, 0.3) is 5.91 Å². The molecule has 0 saturated heterocycles. The lowest BCUT2D eigenvalue weighted by atomic mass is 10.1. The van der Waals surface area contributed by atoms with Crippen LogP contribution in [0.15, 0.2) is 5.10 Å². The van der Waals surface area contributed by atoms with E-state index < -0.39 is 5.91 Å². The maximum atomic E-state index is 12.0. The molecule has 0 spiro atoms. The Morgan fingerprint density at radius 3 is 2.52 bits per heavy atom. The average molecular weight is 352 g/mol. The zero-order valence-corrected chi connectivity index (χ0v) is 14.3. The molecule has 0 unspecified atom stereocenters. The Balaban J connectivity index is 2.84. The molecule has 0 aliphatic heterocycles. The van der Waals surface area contributed by atoms with Crippen molar-refractivity contribution >= 4 is 52.1 Å². The molecule has 8 heteroatoms. The fraction of sp³-hybridized carbons (Fsp3) is 0.462. The first kappa shape index (κ1) is 18.0. The first-order chi connectivity index (χ1) is 9.73. The summed E-state index contributed by atoms with van der Waals surface area (Å²) in [7, 11) is 0. The van der Waals surface area contributed by atoms with E-state index in [-0.39, 0.29) is 26.6 Å². The molecule has 0 aliphatic carbocycles. The van der Waals surface area contributed by atoms with E-state index >= 15 is 0 Å². The van der Waals surface area contributed by atoms with Crippen LogP contribution in [0.5, 0.6) is 0 Å². The summed E-state index contributed by atoms with van der Waals surface area (Å²) < 4.78 is 0. The number of nitrogens with two attached hydrogens (primary N) is 1. The van der Waals surface area contributed by atoms with Crippen LogP contribution >= 0.6 is 34.8 Å². The summed E-state index contributed by atoms with van der Waals surface area (Å²) in [5, 5.41) is 3.90. The summed E-state index contributed by atoms with van der Waals surface area (Å²) in [5.74, 6) is -0.0222. The van der Waals surface area contributed by atoms with Gasteiger partial charge in [0.05, 0.1) is 10.7 Å². The molecule has 1 heterocycles. The summed E-state index contributed by atoms with van der Waals surface area (Å²) in [5.41, 5.74) is 8.75. The van der Waals surface area contributed by atoms with Gasteiger partial charge in [-0.05, 0) is 25.7 Å². The molecule has 0 fully saturated rings. The van der Waals surface area contributed by atoms with Gasteiger partial charge in [0.2, 0.25) is 0 Å². The lowest BCUT2D eigenvalue weighted by molar-refractivity contribution is 0.0950. The van der Waals surface area contributed by atoms with Crippen LogP contribution in [-0.4, -0.2) is 16.6 Å². The van der Waals surface area contributed by atoms with Gasteiger partial charge >= 0.3 is 0 Å². The fourth-order valence-electron chi connectivity index (χ4n) is 1.43. The van der Waals surface area contributed by atoms with Crippen LogP contribution in [0.3, 0.4) is 0 Å². The summed E-state index contributed by atoms with van der Waals surface area (Å²) in [6.45, 7) is 6.07. The number of amides is 1. The molecule has 1 amide bonds. The largest absolute Gasteiger partial charge is 0.396 e. The Hall–Kier alpha value is -1.04. The van der Waals surface area contributed by atoms with Crippen LogP contribution in [0.2, 0.25) is 15.2 Å². The van der Waals surface area contributed by atoms with Gasteiger partial charge in [-0.3, -0.25) is 4.79 Å². The van der Waals surface area contributed by atoms with E-state index in [1.54, 1.807) is 0 Å². The van der Waals surface area contributed by atoms with Crippen molar-refractivity contribution in [3.63, 3.8) is 0 Å². The molecule has 3 N–H and O–H groups in total. The standard InChI is InChI=1S/C13H17Cl3N4O/c1-6(2)4-5-7(3)19-20-13(21)11-8(14)10(17)9(15)12(16)18-11/h6H,4-5H2,1-3H3,(H2,17,18)(H,20,21)/b19-7+. The van der Waals surface area contributed by atoms with Gasteiger partial charge in [0.15, 0.2) is 10.8 Å². The van der Waals surface area contributed by atoms with E-state index in [4.69, 9.17) is 40.5 Å². The predicted octanol–water partition coefficient (Wildman–Crippen LogP) is 4.17. The molecule has 0 aromatic carbocycles. The highest BCUT2D eigenvalue weighted by Gasteiger charge is 2.19. The number of carbonyl (C=O) groups is 1. The van der Waals surface area contributed by atoms with Crippen LogP contribution in [-0.2, 0) is 0 Å². The molecule has 0 bridgehead atoms. The smallest absolute Gasteiger partial charge is 0.291 e. The second-order valence-corrected chi connectivity index (χ2v) is 6.13. The number of nitrogens with zero attached hydrogens (tertiary/aromatic N) is 2. The maximum Gasteiger partial charge on any atom is 0.291 e. The number of rotatable bonds is 5. The third kappa shape index (κ3) is 5.02. The average Bonchev–Trinajstić information content (AvgIpc) is 2.44. The number of nitrogen functional groups attached to an aromatic ring is 1.